The van der Waals surface area contributed by atoms with Gasteiger partial charge in [0.25, 0.3) is 5.91 Å². The maximum absolute atomic E-state index is 13.4. The number of nitrogens with one attached hydrogen (secondary N) is 2. The Labute approximate surface area is 194 Å². The number of amides is 3. The lowest BCUT2D eigenvalue weighted by atomic mass is 9.53. The monoisotopic (exact) mass is 442 g/mol. The summed E-state index contributed by atoms with van der Waals surface area (Å²) in [5, 5.41) is 6.23. The number of benzene rings is 2. The van der Waals surface area contributed by atoms with Gasteiger partial charge in [-0.15, -0.1) is 0 Å². The molecule has 1 heterocycles. The van der Waals surface area contributed by atoms with Gasteiger partial charge < -0.3 is 15.5 Å². The molecule has 0 spiro atoms. The van der Waals surface area contributed by atoms with E-state index in [1.54, 1.807) is 11.9 Å². The number of nitrogens with zero attached hydrogens (tertiary/aromatic N) is 2. The predicted octanol–water partition coefficient (Wildman–Crippen LogP) is 4.09. The summed E-state index contributed by atoms with van der Waals surface area (Å²) in [6.07, 6.45) is 6.16. The highest BCUT2D eigenvalue weighted by Gasteiger charge is 2.51. The third kappa shape index (κ3) is 3.62. The maximum Gasteiger partial charge on any atom is 0.317 e. The SMILES string of the molecule is CN1C(=O)[C@H](NC(=O)NC23CC4CC(CC(C4)C2)C3)N=C(c2ccccc2)c2ccccc21. The molecule has 2 aromatic rings. The smallest absolute Gasteiger partial charge is 0.317 e. The van der Waals surface area contributed by atoms with E-state index in [2.05, 4.69) is 10.6 Å². The van der Waals surface area contributed by atoms with Crippen LogP contribution in [-0.4, -0.2) is 36.4 Å². The molecule has 4 bridgehead atoms. The second kappa shape index (κ2) is 7.72. The van der Waals surface area contributed by atoms with Crippen LogP contribution in [0.3, 0.4) is 0 Å². The second-order valence-corrected chi connectivity index (χ2v) is 10.5. The first-order chi connectivity index (χ1) is 16.0. The van der Waals surface area contributed by atoms with E-state index in [0.717, 1.165) is 53.8 Å². The van der Waals surface area contributed by atoms with Gasteiger partial charge in [0.05, 0.1) is 11.4 Å². The lowest BCUT2D eigenvalue weighted by Gasteiger charge is -2.56. The van der Waals surface area contributed by atoms with Crippen molar-refractivity contribution in [1.82, 2.24) is 10.6 Å². The zero-order valence-electron chi connectivity index (χ0n) is 19.0. The largest absolute Gasteiger partial charge is 0.333 e. The molecule has 33 heavy (non-hydrogen) atoms. The molecule has 3 amide bonds. The molecule has 2 aromatic carbocycles. The van der Waals surface area contributed by atoms with Crippen LogP contribution >= 0.6 is 0 Å². The van der Waals surface area contributed by atoms with Crippen molar-refractivity contribution in [2.75, 3.05) is 11.9 Å². The van der Waals surface area contributed by atoms with Gasteiger partial charge in [0, 0.05) is 23.7 Å². The van der Waals surface area contributed by atoms with E-state index in [1.807, 2.05) is 54.6 Å². The molecular weight excluding hydrogens is 412 g/mol. The van der Waals surface area contributed by atoms with E-state index < -0.39 is 6.17 Å². The second-order valence-electron chi connectivity index (χ2n) is 10.5. The molecule has 1 aliphatic heterocycles. The summed E-state index contributed by atoms with van der Waals surface area (Å²) >= 11 is 0. The van der Waals surface area contributed by atoms with Gasteiger partial charge in [0.15, 0.2) is 0 Å². The number of rotatable bonds is 3. The first-order valence-electron chi connectivity index (χ1n) is 12.1. The minimum absolute atomic E-state index is 0.118. The highest BCUT2D eigenvalue weighted by Crippen LogP contribution is 2.55. The molecule has 4 fully saturated rings. The Morgan fingerprint density at radius 2 is 1.55 bits per heavy atom. The van der Waals surface area contributed by atoms with Crippen molar-refractivity contribution >= 4 is 23.3 Å². The Bertz CT molecular complexity index is 1090. The summed E-state index contributed by atoms with van der Waals surface area (Å²) in [7, 11) is 1.75. The van der Waals surface area contributed by atoms with Crippen molar-refractivity contribution in [1.29, 1.82) is 0 Å². The number of anilines is 1. The van der Waals surface area contributed by atoms with Crippen LogP contribution in [0.15, 0.2) is 59.6 Å². The Balaban J connectivity index is 1.29. The summed E-state index contributed by atoms with van der Waals surface area (Å²) in [6.45, 7) is 0. The number of hydrogen-bond acceptors (Lipinski definition) is 3. The Morgan fingerprint density at radius 1 is 0.939 bits per heavy atom. The van der Waals surface area contributed by atoms with E-state index >= 15 is 0 Å². The normalized spacial score (nSPS) is 32.1. The molecule has 2 N–H and O–H groups in total. The number of urea groups is 1. The lowest BCUT2D eigenvalue weighted by Crippen LogP contribution is -2.62. The molecule has 1 atom stereocenters. The van der Waals surface area contributed by atoms with Crippen LogP contribution in [0.4, 0.5) is 10.5 Å². The molecule has 6 heteroatoms. The highest BCUT2D eigenvalue weighted by atomic mass is 16.2. The number of fused-ring (bicyclic) bond motifs is 1. The summed E-state index contributed by atoms with van der Waals surface area (Å²) in [5.41, 5.74) is 3.18. The van der Waals surface area contributed by atoms with Gasteiger partial charge in [0.1, 0.15) is 0 Å². The van der Waals surface area contributed by atoms with Crippen molar-refractivity contribution in [3.63, 3.8) is 0 Å². The van der Waals surface area contributed by atoms with E-state index in [4.69, 9.17) is 4.99 Å². The molecule has 5 aliphatic rings. The minimum Gasteiger partial charge on any atom is -0.333 e. The third-order valence-electron chi connectivity index (χ3n) is 8.08. The average Bonchev–Trinajstić information content (AvgIpc) is 2.89. The third-order valence-corrected chi connectivity index (χ3v) is 8.08. The van der Waals surface area contributed by atoms with Crippen LogP contribution in [0, 0.1) is 17.8 Å². The topological polar surface area (TPSA) is 73.8 Å². The number of hydrogen-bond donors (Lipinski definition) is 2. The molecule has 0 unspecified atom stereocenters. The number of carbonyl (C=O) groups excluding carboxylic acids is 2. The molecular formula is C27H30N4O2. The van der Waals surface area contributed by atoms with Gasteiger partial charge in [0.2, 0.25) is 6.17 Å². The van der Waals surface area contributed by atoms with Gasteiger partial charge in [-0.05, 0) is 62.3 Å². The van der Waals surface area contributed by atoms with Gasteiger partial charge in [-0.25, -0.2) is 9.79 Å². The Hall–Kier alpha value is -3.15. The van der Waals surface area contributed by atoms with Crippen LogP contribution in [-0.2, 0) is 4.79 Å². The molecule has 6 nitrogen and oxygen atoms in total. The molecule has 0 aromatic heterocycles. The van der Waals surface area contributed by atoms with E-state index in [1.165, 1.54) is 19.3 Å². The fourth-order valence-electron chi connectivity index (χ4n) is 7.11. The standard InChI is InChI=1S/C27H30N4O2/c1-31-22-10-6-5-9-21(22)23(20-7-3-2-4-8-20)28-24(25(31)32)29-26(33)30-27-14-17-11-18(15-27)13-19(12-17)16-27/h2-10,17-19,24H,11-16H2,1H3,(H2,29,30,33)/t17?,18?,19?,24-,27?/m0/s1. The van der Waals surface area contributed by atoms with Crippen LogP contribution in [0.1, 0.15) is 49.7 Å². The van der Waals surface area contributed by atoms with Gasteiger partial charge in [-0.2, -0.15) is 0 Å². The van der Waals surface area contributed by atoms with Crippen molar-refractivity contribution in [2.45, 2.75) is 50.2 Å². The molecule has 170 valence electrons. The number of carbonyl (C=O) groups is 2. The predicted molar refractivity (Wildman–Crippen MR) is 128 cm³/mol. The van der Waals surface area contributed by atoms with Crippen molar-refractivity contribution in [2.24, 2.45) is 22.7 Å². The molecule has 4 aliphatic carbocycles. The summed E-state index contributed by atoms with van der Waals surface area (Å²) in [4.78, 5) is 33.0. The Kier molecular flexibility index (Phi) is 4.78. The van der Waals surface area contributed by atoms with Crippen LogP contribution in [0.25, 0.3) is 0 Å². The highest BCUT2D eigenvalue weighted by molar-refractivity contribution is 6.20. The Morgan fingerprint density at radius 3 is 2.21 bits per heavy atom. The van der Waals surface area contributed by atoms with Gasteiger partial charge in [-0.3, -0.25) is 4.79 Å². The molecule has 7 rings (SSSR count). The number of aliphatic imine (C=N–C) groups is 1. The van der Waals surface area contributed by atoms with Gasteiger partial charge >= 0.3 is 6.03 Å². The molecule has 0 saturated heterocycles. The average molecular weight is 443 g/mol. The van der Waals surface area contributed by atoms with Crippen LogP contribution < -0.4 is 15.5 Å². The summed E-state index contributed by atoms with van der Waals surface area (Å²) in [5.74, 6) is 1.97. The van der Waals surface area contributed by atoms with E-state index in [9.17, 15) is 9.59 Å². The van der Waals surface area contributed by atoms with Crippen molar-refractivity contribution in [3.05, 3.63) is 65.7 Å². The lowest BCUT2D eigenvalue weighted by molar-refractivity contribution is -0.119. The van der Waals surface area contributed by atoms with Gasteiger partial charge in [-0.1, -0.05) is 48.5 Å². The van der Waals surface area contributed by atoms with E-state index in [0.29, 0.717) is 5.71 Å². The maximum atomic E-state index is 13.4. The number of para-hydroxylation sites is 1. The summed E-state index contributed by atoms with van der Waals surface area (Å²) < 4.78 is 0. The molecule has 4 saturated carbocycles. The fraction of sp³-hybridized carbons (Fsp3) is 0.444. The first-order valence-corrected chi connectivity index (χ1v) is 12.1. The summed E-state index contributed by atoms with van der Waals surface area (Å²) in [6, 6.07) is 17.3. The zero-order valence-corrected chi connectivity index (χ0v) is 19.0. The number of likely N-dealkylation sites (N-methyl/N-ethyl adjacent to an activating group) is 1. The van der Waals surface area contributed by atoms with Crippen LogP contribution in [0.5, 0.6) is 0 Å². The van der Waals surface area contributed by atoms with Crippen molar-refractivity contribution in [3.8, 4) is 0 Å². The molecule has 0 radical (unpaired) electrons. The van der Waals surface area contributed by atoms with Crippen LogP contribution in [0.2, 0.25) is 0 Å². The quantitative estimate of drug-likeness (QED) is 0.751. The first kappa shape index (κ1) is 20.5. The fourth-order valence-corrected chi connectivity index (χ4v) is 7.11. The van der Waals surface area contributed by atoms with Crippen molar-refractivity contribution < 1.29 is 9.59 Å². The number of benzodiazepines with no additional fused rings is 1. The van der Waals surface area contributed by atoms with E-state index in [-0.39, 0.29) is 17.5 Å². The minimum atomic E-state index is -0.980. The zero-order chi connectivity index (χ0) is 22.6.